The van der Waals surface area contributed by atoms with Crippen molar-refractivity contribution in [3.63, 3.8) is 0 Å². The van der Waals surface area contributed by atoms with Crippen molar-refractivity contribution in [3.05, 3.63) is 92.4 Å². The van der Waals surface area contributed by atoms with Crippen LogP contribution >= 0.6 is 39.1 Å². The predicted molar refractivity (Wildman–Crippen MR) is 124 cm³/mol. The molecule has 0 saturated carbocycles. The van der Waals surface area contributed by atoms with E-state index in [-0.39, 0.29) is 6.42 Å². The number of ether oxygens (including phenoxy) is 1. The van der Waals surface area contributed by atoms with Gasteiger partial charge in [0.2, 0.25) is 11.8 Å². The molecule has 5 nitrogen and oxygen atoms in total. The molecule has 2 amide bonds. The minimum Gasteiger partial charge on any atom is -0.424 e. The lowest BCUT2D eigenvalue weighted by Gasteiger charge is -2.31. The van der Waals surface area contributed by atoms with Gasteiger partial charge in [0.1, 0.15) is 11.2 Å². The van der Waals surface area contributed by atoms with Gasteiger partial charge in [-0.2, -0.15) is 0 Å². The molecule has 160 valence electrons. The molecule has 1 saturated heterocycles. The maximum Gasteiger partial charge on any atom is 0.327 e. The van der Waals surface area contributed by atoms with Crippen LogP contribution in [0.25, 0.3) is 0 Å². The molecule has 3 aromatic carbocycles. The van der Waals surface area contributed by atoms with Crippen LogP contribution < -0.4 is 9.64 Å². The first-order valence-corrected chi connectivity index (χ1v) is 11.3. The Labute approximate surface area is 202 Å². The minimum absolute atomic E-state index is 0.158. The molecule has 2 atom stereocenters. The van der Waals surface area contributed by atoms with E-state index in [0.717, 1.165) is 4.90 Å². The van der Waals surface area contributed by atoms with E-state index < -0.39 is 29.1 Å². The van der Waals surface area contributed by atoms with Crippen LogP contribution in [0.15, 0.2) is 71.2 Å². The molecule has 1 fully saturated rings. The zero-order valence-electron chi connectivity index (χ0n) is 16.3. The quantitative estimate of drug-likeness (QED) is 0.253. The molecule has 0 radical (unpaired) electrons. The lowest BCUT2D eigenvalue weighted by atomic mass is 9.66. The highest BCUT2D eigenvalue weighted by Crippen LogP contribution is 2.54. The largest absolute Gasteiger partial charge is 0.424 e. The van der Waals surface area contributed by atoms with Crippen LogP contribution in [-0.4, -0.2) is 17.8 Å². The van der Waals surface area contributed by atoms with Gasteiger partial charge >= 0.3 is 5.97 Å². The fourth-order valence-corrected chi connectivity index (χ4v) is 5.34. The van der Waals surface area contributed by atoms with Crippen LogP contribution in [0.3, 0.4) is 0 Å². The third-order valence-electron chi connectivity index (χ3n) is 5.94. The molecule has 2 aliphatic rings. The molecule has 2 heterocycles. The van der Waals surface area contributed by atoms with E-state index in [0.29, 0.717) is 37.1 Å². The molecule has 5 rings (SSSR count). The van der Waals surface area contributed by atoms with E-state index >= 15 is 0 Å². The molecule has 8 heteroatoms. The highest BCUT2D eigenvalue weighted by atomic mass is 79.9. The lowest BCUT2D eigenvalue weighted by molar-refractivity contribution is -0.141. The van der Waals surface area contributed by atoms with Crippen molar-refractivity contribution in [2.45, 2.75) is 11.8 Å². The Morgan fingerprint density at radius 3 is 2.38 bits per heavy atom. The van der Waals surface area contributed by atoms with Crippen LogP contribution in [0, 0.1) is 5.92 Å². The van der Waals surface area contributed by atoms with Crippen molar-refractivity contribution in [2.24, 2.45) is 5.92 Å². The highest BCUT2D eigenvalue weighted by Gasteiger charge is 2.62. The van der Waals surface area contributed by atoms with Crippen LogP contribution in [0.2, 0.25) is 10.0 Å². The van der Waals surface area contributed by atoms with E-state index in [9.17, 15) is 14.4 Å². The molecule has 0 unspecified atom stereocenters. The summed E-state index contributed by atoms with van der Waals surface area (Å²) in [7, 11) is 0. The number of para-hydroxylation sites is 1. The van der Waals surface area contributed by atoms with Crippen LogP contribution in [0.5, 0.6) is 5.75 Å². The Hall–Kier alpha value is -2.67. The molecule has 2 aliphatic heterocycles. The maximum atomic E-state index is 13.7. The Bertz CT molecular complexity index is 1290. The number of amides is 2. The lowest BCUT2D eigenvalue weighted by Crippen LogP contribution is -2.46. The number of nitrogens with zero attached hydrogens (tertiary/aromatic N) is 1. The second kappa shape index (κ2) is 7.73. The van der Waals surface area contributed by atoms with E-state index in [4.69, 9.17) is 27.9 Å². The fraction of sp³-hybridized carbons (Fsp3) is 0.125. The van der Waals surface area contributed by atoms with Gasteiger partial charge in [-0.3, -0.25) is 19.3 Å². The van der Waals surface area contributed by atoms with Crippen molar-refractivity contribution in [1.29, 1.82) is 0 Å². The summed E-state index contributed by atoms with van der Waals surface area (Å²) in [5.41, 5.74) is -0.0766. The number of hydrogen-bond acceptors (Lipinski definition) is 4. The van der Waals surface area contributed by atoms with Crippen molar-refractivity contribution in [1.82, 2.24) is 0 Å². The minimum atomic E-state index is -1.50. The second-order valence-corrected chi connectivity index (χ2v) is 9.35. The van der Waals surface area contributed by atoms with Crippen molar-refractivity contribution < 1.29 is 19.1 Å². The first-order chi connectivity index (χ1) is 15.3. The third kappa shape index (κ3) is 3.01. The monoisotopic (exact) mass is 529 g/mol. The van der Waals surface area contributed by atoms with E-state index in [2.05, 4.69) is 15.9 Å². The zero-order chi connectivity index (χ0) is 22.6. The highest BCUT2D eigenvalue weighted by molar-refractivity contribution is 9.10. The number of anilines is 1. The smallest absolute Gasteiger partial charge is 0.327 e. The molecule has 3 aromatic rings. The summed E-state index contributed by atoms with van der Waals surface area (Å²) < 4.78 is 6.26. The van der Waals surface area contributed by atoms with E-state index in [1.165, 1.54) is 0 Å². The van der Waals surface area contributed by atoms with Crippen molar-refractivity contribution >= 4 is 62.6 Å². The molecule has 0 spiro atoms. The summed E-state index contributed by atoms with van der Waals surface area (Å²) in [5, 5.41) is 0.882. The number of hydrogen-bond donors (Lipinski definition) is 0. The van der Waals surface area contributed by atoms with E-state index in [1.807, 2.05) is 0 Å². The average molecular weight is 531 g/mol. The SMILES string of the molecule is O=C1C[C@@H]([C@@]2(c3ccc(Cl)cc3)C(=O)Oc3c(Br)cccc32)C(=O)N1c1cccc(Cl)c1. The first kappa shape index (κ1) is 21.2. The van der Waals surface area contributed by atoms with Gasteiger partial charge in [-0.15, -0.1) is 0 Å². The molecule has 32 heavy (non-hydrogen) atoms. The first-order valence-electron chi connectivity index (χ1n) is 9.73. The number of imide groups is 1. The van der Waals surface area contributed by atoms with Crippen molar-refractivity contribution in [2.75, 3.05) is 4.90 Å². The second-order valence-electron chi connectivity index (χ2n) is 7.62. The standard InChI is InChI=1S/C24H14BrCl2NO4/c25-19-6-2-5-17-21(19)32-23(31)24(17,13-7-9-14(26)10-8-13)18-12-20(29)28(22(18)30)16-4-1-3-15(27)11-16/h1-11,18H,12H2/t18-,24+/m1/s1. The normalized spacial score (nSPS) is 22.3. The Balaban J connectivity index is 1.73. The topological polar surface area (TPSA) is 63.7 Å². The molecule has 0 aliphatic carbocycles. The summed E-state index contributed by atoms with van der Waals surface area (Å²) in [6.07, 6.45) is -0.158. The maximum absolute atomic E-state index is 13.7. The molecular weight excluding hydrogens is 517 g/mol. The van der Waals surface area contributed by atoms with Crippen molar-refractivity contribution in [3.8, 4) is 5.75 Å². The molecule has 0 bridgehead atoms. The molecule has 0 aromatic heterocycles. The molecular formula is C24H14BrCl2NO4. The van der Waals surface area contributed by atoms with Gasteiger partial charge in [-0.05, 0) is 57.9 Å². The average Bonchev–Trinajstić information content (AvgIpc) is 3.23. The number of carbonyl (C=O) groups excluding carboxylic acids is 3. The van der Waals surface area contributed by atoms with Gasteiger partial charge in [-0.1, -0.05) is 53.5 Å². The Kier molecular flexibility index (Phi) is 5.12. The van der Waals surface area contributed by atoms with Gasteiger partial charge in [0.25, 0.3) is 0 Å². The summed E-state index contributed by atoms with van der Waals surface area (Å²) in [6, 6.07) is 18.5. The number of halogens is 3. The van der Waals surface area contributed by atoms with Gasteiger partial charge in [0.05, 0.1) is 16.1 Å². The van der Waals surface area contributed by atoms with E-state index in [1.54, 1.807) is 66.7 Å². The van der Waals surface area contributed by atoms with Crippen LogP contribution in [-0.2, 0) is 19.8 Å². The number of carbonyl (C=O) groups is 3. The van der Waals surface area contributed by atoms with Crippen LogP contribution in [0.1, 0.15) is 17.5 Å². The summed E-state index contributed by atoms with van der Waals surface area (Å²) >= 11 is 15.6. The van der Waals surface area contributed by atoms with Gasteiger partial charge in [0, 0.05) is 22.0 Å². The summed E-state index contributed by atoms with van der Waals surface area (Å²) in [4.78, 5) is 41.4. The Morgan fingerprint density at radius 2 is 1.66 bits per heavy atom. The number of esters is 1. The third-order valence-corrected chi connectivity index (χ3v) is 7.06. The van der Waals surface area contributed by atoms with Gasteiger partial charge in [-0.25, -0.2) is 0 Å². The number of fused-ring (bicyclic) bond motifs is 1. The molecule has 0 N–H and O–H groups in total. The summed E-state index contributed by atoms with van der Waals surface area (Å²) in [5.74, 6) is -2.17. The number of benzene rings is 3. The summed E-state index contributed by atoms with van der Waals surface area (Å²) in [6.45, 7) is 0. The predicted octanol–water partition coefficient (Wildman–Crippen LogP) is 5.54. The van der Waals surface area contributed by atoms with Crippen LogP contribution in [0.4, 0.5) is 5.69 Å². The zero-order valence-corrected chi connectivity index (χ0v) is 19.4. The van der Waals surface area contributed by atoms with Gasteiger partial charge in [0.15, 0.2) is 0 Å². The number of rotatable bonds is 3. The van der Waals surface area contributed by atoms with Gasteiger partial charge < -0.3 is 4.74 Å². The Morgan fingerprint density at radius 1 is 0.938 bits per heavy atom. The fourth-order valence-electron chi connectivity index (χ4n) is 4.58.